The second-order valence-corrected chi connectivity index (χ2v) is 4.14. The van der Waals surface area contributed by atoms with E-state index in [-0.39, 0.29) is 0 Å². The molecule has 0 atom stereocenters. The average molecular weight is 199 g/mol. The summed E-state index contributed by atoms with van der Waals surface area (Å²) in [5.41, 5.74) is 2.52. The van der Waals surface area contributed by atoms with Gasteiger partial charge in [0, 0.05) is 11.9 Å². The lowest BCUT2D eigenvalue weighted by Crippen LogP contribution is -1.88. The van der Waals surface area contributed by atoms with Crippen molar-refractivity contribution in [2.24, 2.45) is 0 Å². The number of aromatic nitrogens is 1. The zero-order valence-corrected chi connectivity index (χ0v) is 8.37. The summed E-state index contributed by atoms with van der Waals surface area (Å²) in [5.74, 6) is 0. The molecule has 2 heterocycles. The summed E-state index contributed by atoms with van der Waals surface area (Å²) in [6.45, 7) is 0. The van der Waals surface area contributed by atoms with Gasteiger partial charge in [0.2, 0.25) is 0 Å². The van der Waals surface area contributed by atoms with Crippen LogP contribution in [0, 0.1) is 0 Å². The fraction of sp³-hybridized carbons (Fsp3) is 0. The van der Waals surface area contributed by atoms with Crippen LogP contribution in [0.2, 0.25) is 0 Å². The molecule has 3 rings (SSSR count). The van der Waals surface area contributed by atoms with Crippen LogP contribution in [0.4, 0.5) is 0 Å². The van der Waals surface area contributed by atoms with E-state index in [1.165, 1.54) is 15.9 Å². The van der Waals surface area contributed by atoms with Crippen LogP contribution in [0.1, 0.15) is 0 Å². The third kappa shape index (κ3) is 1.08. The predicted octanol–water partition coefficient (Wildman–Crippen LogP) is 3.69. The van der Waals surface area contributed by atoms with E-state index in [9.17, 15) is 0 Å². The summed E-state index contributed by atoms with van der Waals surface area (Å²) >= 11 is 1.78. The van der Waals surface area contributed by atoms with Gasteiger partial charge in [0.25, 0.3) is 0 Å². The molecule has 2 aromatic heterocycles. The summed E-state index contributed by atoms with van der Waals surface area (Å²) in [5, 5.41) is 2.13. The molecule has 0 bridgehead atoms. The quantitative estimate of drug-likeness (QED) is 0.563. The molecule has 68 valence electrons. The number of fused-ring (bicyclic) bond motifs is 1. The van der Waals surface area contributed by atoms with Gasteiger partial charge in [-0.2, -0.15) is 0 Å². The number of hydrogen-bond donors (Lipinski definition) is 0. The van der Waals surface area contributed by atoms with Crippen LogP contribution in [0.15, 0.2) is 54.0 Å². The molecule has 0 fully saturated rings. The largest absolute Gasteiger partial charge is 0.316 e. The van der Waals surface area contributed by atoms with E-state index < -0.39 is 0 Å². The molecule has 0 radical (unpaired) electrons. The van der Waals surface area contributed by atoms with Crippen LogP contribution in [-0.4, -0.2) is 4.57 Å². The summed E-state index contributed by atoms with van der Waals surface area (Å²) < 4.78 is 3.56. The molecule has 3 aromatic rings. The monoisotopic (exact) mass is 199 g/mol. The van der Waals surface area contributed by atoms with Gasteiger partial charge in [-0.1, -0.05) is 18.2 Å². The van der Waals surface area contributed by atoms with Crippen molar-refractivity contribution in [2.75, 3.05) is 0 Å². The minimum absolute atomic E-state index is 1.22. The zero-order valence-electron chi connectivity index (χ0n) is 7.55. The highest BCUT2D eigenvalue weighted by atomic mass is 32.1. The van der Waals surface area contributed by atoms with Gasteiger partial charge in [-0.05, 0) is 29.6 Å². The Morgan fingerprint density at radius 1 is 0.929 bits per heavy atom. The van der Waals surface area contributed by atoms with E-state index in [1.807, 2.05) is 6.07 Å². The third-order valence-corrected chi connectivity index (χ3v) is 3.21. The first-order chi connectivity index (χ1) is 6.95. The smallest absolute Gasteiger partial charge is 0.0636 e. The minimum atomic E-state index is 1.22. The third-order valence-electron chi connectivity index (χ3n) is 2.34. The Morgan fingerprint density at radius 3 is 2.64 bits per heavy atom. The molecule has 0 unspecified atom stereocenters. The van der Waals surface area contributed by atoms with Crippen LogP contribution in [0.3, 0.4) is 0 Å². The summed E-state index contributed by atoms with van der Waals surface area (Å²) in [6.07, 6.45) is 2.12. The van der Waals surface area contributed by atoms with Crippen molar-refractivity contribution < 1.29 is 0 Å². The van der Waals surface area contributed by atoms with Crippen molar-refractivity contribution in [2.45, 2.75) is 0 Å². The Bertz CT molecular complexity index is 548. The average Bonchev–Trinajstić information content (AvgIpc) is 2.79. The molecule has 0 N–H and O–H groups in total. The van der Waals surface area contributed by atoms with Crippen LogP contribution >= 0.6 is 11.3 Å². The van der Waals surface area contributed by atoms with Gasteiger partial charge in [0.1, 0.15) is 0 Å². The normalized spacial score (nSPS) is 10.9. The van der Waals surface area contributed by atoms with Gasteiger partial charge in [0.05, 0.1) is 10.2 Å². The maximum absolute atomic E-state index is 2.21. The first-order valence-electron chi connectivity index (χ1n) is 4.55. The lowest BCUT2D eigenvalue weighted by Gasteiger charge is -2.02. The van der Waals surface area contributed by atoms with E-state index in [2.05, 4.69) is 52.5 Å². The van der Waals surface area contributed by atoms with Crippen molar-refractivity contribution in [1.82, 2.24) is 4.57 Å². The number of hydrogen-bond acceptors (Lipinski definition) is 1. The molecule has 2 heteroatoms. The highest BCUT2D eigenvalue weighted by Crippen LogP contribution is 2.24. The lowest BCUT2D eigenvalue weighted by atomic mass is 10.3. The fourth-order valence-electron chi connectivity index (χ4n) is 1.67. The van der Waals surface area contributed by atoms with Crippen molar-refractivity contribution in [3.05, 3.63) is 54.0 Å². The maximum atomic E-state index is 2.21. The van der Waals surface area contributed by atoms with E-state index in [0.29, 0.717) is 0 Å². The van der Waals surface area contributed by atoms with E-state index >= 15 is 0 Å². The van der Waals surface area contributed by atoms with Gasteiger partial charge < -0.3 is 4.57 Å². The number of nitrogens with zero attached hydrogens (tertiary/aromatic N) is 1. The molecular weight excluding hydrogens is 190 g/mol. The van der Waals surface area contributed by atoms with E-state index in [4.69, 9.17) is 0 Å². The number of benzene rings is 1. The topological polar surface area (TPSA) is 4.93 Å². The summed E-state index contributed by atoms with van der Waals surface area (Å²) in [6, 6.07) is 14.7. The van der Waals surface area contributed by atoms with Gasteiger partial charge in [-0.25, -0.2) is 0 Å². The maximum Gasteiger partial charge on any atom is 0.0636 e. The lowest BCUT2D eigenvalue weighted by molar-refractivity contribution is 1.13. The zero-order chi connectivity index (χ0) is 9.38. The Kier molecular flexibility index (Phi) is 1.67. The fourth-order valence-corrected chi connectivity index (χ4v) is 2.44. The first kappa shape index (κ1) is 7.83. The highest BCUT2D eigenvalue weighted by molar-refractivity contribution is 7.17. The Hall–Kier alpha value is -1.54. The van der Waals surface area contributed by atoms with Crippen LogP contribution < -0.4 is 0 Å². The molecule has 0 spiro atoms. The molecule has 1 aromatic carbocycles. The van der Waals surface area contributed by atoms with E-state index in [1.54, 1.807) is 11.3 Å². The van der Waals surface area contributed by atoms with Crippen molar-refractivity contribution in [3.63, 3.8) is 0 Å². The molecule has 0 saturated carbocycles. The molecule has 0 saturated heterocycles. The van der Waals surface area contributed by atoms with Crippen molar-refractivity contribution >= 4 is 21.6 Å². The van der Waals surface area contributed by atoms with Crippen molar-refractivity contribution in [1.29, 1.82) is 0 Å². The molecule has 0 aliphatic carbocycles. The predicted molar refractivity (Wildman–Crippen MR) is 61.2 cm³/mol. The number of thiophene rings is 1. The second-order valence-electron chi connectivity index (χ2n) is 3.19. The molecule has 0 amide bonds. The van der Waals surface area contributed by atoms with Crippen molar-refractivity contribution in [3.8, 4) is 5.69 Å². The molecule has 1 nitrogen and oxygen atoms in total. The Morgan fingerprint density at radius 2 is 1.79 bits per heavy atom. The first-order valence-corrected chi connectivity index (χ1v) is 5.43. The Balaban J connectivity index is 2.28. The summed E-state index contributed by atoms with van der Waals surface area (Å²) in [7, 11) is 0. The molecule has 0 aliphatic rings. The Labute approximate surface area is 86.2 Å². The molecule has 14 heavy (non-hydrogen) atoms. The van der Waals surface area contributed by atoms with Crippen LogP contribution in [0.5, 0.6) is 0 Å². The van der Waals surface area contributed by atoms with Gasteiger partial charge in [0.15, 0.2) is 0 Å². The standard InChI is InChI=1S/C12H9NS/c1-2-4-10(5-3-1)13-8-6-12-11(13)7-9-14-12/h1-9H. The SMILES string of the molecule is c1ccc(-n2ccc3sccc32)cc1. The van der Waals surface area contributed by atoms with Gasteiger partial charge in [-0.15, -0.1) is 11.3 Å². The molecule has 0 aliphatic heterocycles. The molecular formula is C12H9NS. The van der Waals surface area contributed by atoms with Gasteiger partial charge >= 0.3 is 0 Å². The van der Waals surface area contributed by atoms with Crippen LogP contribution in [-0.2, 0) is 0 Å². The number of para-hydroxylation sites is 1. The summed E-state index contributed by atoms with van der Waals surface area (Å²) in [4.78, 5) is 0. The minimum Gasteiger partial charge on any atom is -0.316 e. The van der Waals surface area contributed by atoms with Crippen LogP contribution in [0.25, 0.3) is 15.9 Å². The van der Waals surface area contributed by atoms with Gasteiger partial charge in [-0.3, -0.25) is 0 Å². The van der Waals surface area contributed by atoms with E-state index in [0.717, 1.165) is 0 Å². The second kappa shape index (κ2) is 3.00. The number of rotatable bonds is 1. The highest BCUT2D eigenvalue weighted by Gasteiger charge is 2.02.